The average Bonchev–Trinajstić information content (AvgIpc) is 3.26. The predicted octanol–water partition coefficient (Wildman–Crippen LogP) is 3.01. The highest BCUT2D eigenvalue weighted by molar-refractivity contribution is 7.21. The Bertz CT molecular complexity index is 1200. The number of thiophene rings is 1. The molecule has 0 aliphatic heterocycles. The molecule has 140 valence electrons. The van der Waals surface area contributed by atoms with Gasteiger partial charge in [0.15, 0.2) is 0 Å². The van der Waals surface area contributed by atoms with E-state index in [1.165, 1.54) is 16.0 Å². The fourth-order valence-corrected chi connectivity index (χ4v) is 3.67. The first-order chi connectivity index (χ1) is 13.5. The Morgan fingerprint density at radius 2 is 2.00 bits per heavy atom. The van der Waals surface area contributed by atoms with Crippen molar-refractivity contribution in [2.24, 2.45) is 4.99 Å². The summed E-state index contributed by atoms with van der Waals surface area (Å²) in [6, 6.07) is 13.2. The molecule has 0 aliphatic carbocycles. The van der Waals surface area contributed by atoms with Crippen molar-refractivity contribution in [2.75, 3.05) is 5.73 Å². The third-order valence-electron chi connectivity index (χ3n) is 3.93. The number of rotatable bonds is 4. The molecule has 28 heavy (non-hydrogen) atoms. The maximum atomic E-state index is 12.6. The van der Waals surface area contributed by atoms with Gasteiger partial charge in [0.1, 0.15) is 4.83 Å². The first-order valence-corrected chi connectivity index (χ1v) is 9.37. The van der Waals surface area contributed by atoms with E-state index in [0.29, 0.717) is 15.4 Å². The lowest BCUT2D eigenvalue weighted by Gasteiger charge is -2.06. The van der Waals surface area contributed by atoms with Gasteiger partial charge in [0.25, 0.3) is 6.20 Å². The molecule has 3 aromatic heterocycles. The van der Waals surface area contributed by atoms with Crippen LogP contribution in [0.2, 0.25) is 0 Å². The predicted molar refractivity (Wildman–Crippen MR) is 108 cm³/mol. The lowest BCUT2D eigenvalue weighted by atomic mass is 10.2. The molecule has 2 N–H and O–H groups in total. The number of allylic oxidation sites excluding steroid dienone is 1. The zero-order valence-corrected chi connectivity index (χ0v) is 16.1. The van der Waals surface area contributed by atoms with Crippen LogP contribution in [0.25, 0.3) is 22.0 Å². The third-order valence-corrected chi connectivity index (χ3v) is 5.04. The van der Waals surface area contributed by atoms with Crippen LogP contribution in [0.15, 0.2) is 63.8 Å². The van der Waals surface area contributed by atoms with Crippen molar-refractivity contribution >= 4 is 45.1 Å². The molecule has 3 heterocycles. The molecule has 7 nitrogen and oxygen atoms in total. The van der Waals surface area contributed by atoms with E-state index in [-0.39, 0.29) is 5.88 Å². The molecule has 0 saturated heterocycles. The van der Waals surface area contributed by atoms with Gasteiger partial charge in [-0.05, 0) is 36.7 Å². The van der Waals surface area contributed by atoms with Gasteiger partial charge in [0.05, 0.1) is 16.3 Å². The van der Waals surface area contributed by atoms with Crippen molar-refractivity contribution < 1.29 is 14.3 Å². The van der Waals surface area contributed by atoms with Gasteiger partial charge < -0.3 is 10.8 Å². The molecule has 4 aromatic rings. The summed E-state index contributed by atoms with van der Waals surface area (Å²) in [5.41, 5.74) is 9.30. The van der Waals surface area contributed by atoms with Crippen LogP contribution in [0.3, 0.4) is 0 Å². The summed E-state index contributed by atoms with van der Waals surface area (Å²) in [6.45, 7) is 4.00. The molecule has 0 unspecified atom stereocenters. The second-order valence-electron chi connectivity index (χ2n) is 6.39. The largest absolute Gasteiger partial charge is 0.857 e. The van der Waals surface area contributed by atoms with Gasteiger partial charge in [-0.3, -0.25) is 4.52 Å². The van der Waals surface area contributed by atoms with Crippen molar-refractivity contribution in [3.05, 3.63) is 64.8 Å². The summed E-state index contributed by atoms with van der Waals surface area (Å²) in [7, 11) is 0. The SMILES string of the molecule is CC(C)=Cc1ccc2c(N)c(/C([O-])=N/c3c[n+](-c4ccccc4)no3)sc2n1. The Morgan fingerprint density at radius 3 is 2.75 bits per heavy atom. The second kappa shape index (κ2) is 7.24. The van der Waals surface area contributed by atoms with E-state index in [1.54, 1.807) is 6.20 Å². The van der Waals surface area contributed by atoms with Crippen LogP contribution < -0.4 is 15.5 Å². The van der Waals surface area contributed by atoms with E-state index in [4.69, 9.17) is 10.3 Å². The maximum Gasteiger partial charge on any atom is 0.321 e. The molecule has 0 amide bonds. The molecule has 0 atom stereocenters. The number of pyridine rings is 1. The topological polar surface area (TPSA) is 104 Å². The number of aromatic nitrogens is 3. The number of hydrogen-bond acceptors (Lipinski definition) is 7. The van der Waals surface area contributed by atoms with E-state index in [2.05, 4.69) is 15.2 Å². The van der Waals surface area contributed by atoms with E-state index in [9.17, 15) is 5.11 Å². The van der Waals surface area contributed by atoms with Crippen LogP contribution in [0.5, 0.6) is 0 Å². The maximum absolute atomic E-state index is 12.6. The normalized spacial score (nSPS) is 11.7. The Hall–Kier alpha value is -3.52. The molecule has 0 bridgehead atoms. The molecular formula is C20H17N5O2S. The van der Waals surface area contributed by atoms with Crippen LogP contribution in [0.1, 0.15) is 24.4 Å². The number of benzene rings is 1. The summed E-state index contributed by atoms with van der Waals surface area (Å²) < 4.78 is 6.66. The van der Waals surface area contributed by atoms with Crippen molar-refractivity contribution in [3.63, 3.8) is 0 Å². The van der Waals surface area contributed by atoms with E-state index < -0.39 is 5.90 Å². The summed E-state index contributed by atoms with van der Waals surface area (Å²) in [6.07, 6.45) is 3.51. The number of nitrogens with two attached hydrogens (primary N) is 1. The first-order valence-electron chi connectivity index (χ1n) is 8.55. The fourth-order valence-electron chi connectivity index (χ4n) is 2.69. The summed E-state index contributed by atoms with van der Waals surface area (Å²) >= 11 is 1.22. The molecule has 4 rings (SSSR count). The van der Waals surface area contributed by atoms with Crippen LogP contribution >= 0.6 is 11.3 Å². The minimum atomic E-state index is -0.486. The average molecular weight is 391 g/mol. The summed E-state index contributed by atoms with van der Waals surface area (Å²) in [5, 5.41) is 17.3. The molecule has 0 spiro atoms. The highest BCUT2D eigenvalue weighted by Crippen LogP contribution is 2.33. The highest BCUT2D eigenvalue weighted by atomic mass is 32.1. The Labute approximate surface area is 165 Å². The van der Waals surface area contributed by atoms with E-state index in [0.717, 1.165) is 22.3 Å². The number of fused-ring (bicyclic) bond motifs is 1. The van der Waals surface area contributed by atoms with Gasteiger partial charge in [0.2, 0.25) is 11.0 Å². The quantitative estimate of drug-likeness (QED) is 0.327. The Balaban J connectivity index is 1.68. The zero-order chi connectivity index (χ0) is 19.7. The molecule has 0 radical (unpaired) electrons. The van der Waals surface area contributed by atoms with Gasteiger partial charge in [0, 0.05) is 23.4 Å². The summed E-state index contributed by atoms with van der Waals surface area (Å²) in [4.78, 5) is 9.59. The van der Waals surface area contributed by atoms with Gasteiger partial charge in [-0.15, -0.1) is 11.3 Å². The van der Waals surface area contributed by atoms with Crippen LogP contribution in [0, 0.1) is 0 Å². The fraction of sp³-hybridized carbons (Fsp3) is 0.100. The lowest BCUT2D eigenvalue weighted by Crippen LogP contribution is -2.30. The van der Waals surface area contributed by atoms with Crippen molar-refractivity contribution in [3.8, 4) is 5.69 Å². The van der Waals surface area contributed by atoms with Gasteiger partial charge in [-0.1, -0.05) is 23.8 Å². The molecule has 1 aromatic carbocycles. The van der Waals surface area contributed by atoms with Crippen LogP contribution in [-0.4, -0.2) is 16.2 Å². The minimum Gasteiger partial charge on any atom is -0.857 e. The molecule has 0 fully saturated rings. The zero-order valence-electron chi connectivity index (χ0n) is 15.3. The van der Waals surface area contributed by atoms with Crippen molar-refractivity contribution in [2.45, 2.75) is 13.8 Å². The minimum absolute atomic E-state index is 0.101. The second-order valence-corrected chi connectivity index (χ2v) is 7.39. The van der Waals surface area contributed by atoms with Crippen molar-refractivity contribution in [1.82, 2.24) is 10.3 Å². The Kier molecular flexibility index (Phi) is 4.62. The van der Waals surface area contributed by atoms with Gasteiger partial charge in [-0.25, -0.2) is 9.98 Å². The number of anilines is 1. The van der Waals surface area contributed by atoms with E-state index in [1.807, 2.05) is 62.4 Å². The van der Waals surface area contributed by atoms with E-state index >= 15 is 0 Å². The highest BCUT2D eigenvalue weighted by Gasteiger charge is 2.15. The smallest absolute Gasteiger partial charge is 0.321 e. The number of para-hydroxylation sites is 1. The molecular weight excluding hydrogens is 374 g/mol. The number of hydrogen-bond donors (Lipinski definition) is 1. The van der Waals surface area contributed by atoms with Crippen LogP contribution in [0.4, 0.5) is 11.6 Å². The Morgan fingerprint density at radius 1 is 1.21 bits per heavy atom. The van der Waals surface area contributed by atoms with Gasteiger partial charge >= 0.3 is 5.88 Å². The molecule has 0 aliphatic rings. The number of nitrogen functional groups attached to an aromatic ring is 1. The molecule has 0 saturated carbocycles. The number of nitrogens with zero attached hydrogens (tertiary/aromatic N) is 4. The summed E-state index contributed by atoms with van der Waals surface area (Å²) in [5.74, 6) is -0.385. The first kappa shape index (κ1) is 17.9. The molecule has 8 heteroatoms. The van der Waals surface area contributed by atoms with Crippen LogP contribution in [-0.2, 0) is 0 Å². The standard InChI is InChI=1S/C20H17N5O2S/c1-12(2)10-13-8-9-15-17(21)18(28-20(15)22-13)19(26)23-16-11-25(24-27-16)14-6-4-3-5-7-14/h3-11H,1-2H3,(H2-,21,23,24,26). The monoisotopic (exact) mass is 391 g/mol. The lowest BCUT2D eigenvalue weighted by molar-refractivity contribution is -0.670. The van der Waals surface area contributed by atoms with Crippen molar-refractivity contribution in [1.29, 1.82) is 0 Å². The van der Waals surface area contributed by atoms with Gasteiger partial charge in [-0.2, -0.15) is 0 Å². The number of aliphatic imine (C=N–C) groups is 1. The third kappa shape index (κ3) is 3.49.